The third-order valence-electron chi connectivity index (χ3n) is 4.18. The highest BCUT2D eigenvalue weighted by Crippen LogP contribution is 2.29. The molecule has 1 fully saturated rings. The van der Waals surface area contributed by atoms with Crippen LogP contribution in [0.2, 0.25) is 5.15 Å². The summed E-state index contributed by atoms with van der Waals surface area (Å²) in [7, 11) is 0. The lowest BCUT2D eigenvalue weighted by atomic mass is 10.1. The van der Waals surface area contributed by atoms with Crippen LogP contribution in [-0.2, 0) is 16.0 Å². The van der Waals surface area contributed by atoms with Gasteiger partial charge >= 0.3 is 0 Å². The van der Waals surface area contributed by atoms with Crippen LogP contribution in [0.5, 0.6) is 0 Å². The van der Waals surface area contributed by atoms with Gasteiger partial charge in [-0.15, -0.1) is 0 Å². The first kappa shape index (κ1) is 16.5. The van der Waals surface area contributed by atoms with Crippen LogP contribution in [0.15, 0.2) is 42.6 Å². The van der Waals surface area contributed by atoms with Gasteiger partial charge in [0.2, 0.25) is 11.8 Å². The zero-order valence-electron chi connectivity index (χ0n) is 13.3. The van der Waals surface area contributed by atoms with Crippen molar-refractivity contribution in [3.05, 3.63) is 53.3 Å². The fourth-order valence-electron chi connectivity index (χ4n) is 2.90. The van der Waals surface area contributed by atoms with Crippen LogP contribution in [0.4, 0.5) is 11.4 Å². The van der Waals surface area contributed by atoms with Crippen molar-refractivity contribution in [3.8, 4) is 0 Å². The molecule has 2 heterocycles. The van der Waals surface area contributed by atoms with Crippen molar-refractivity contribution >= 4 is 34.8 Å². The highest BCUT2D eigenvalue weighted by atomic mass is 35.5. The Morgan fingerprint density at radius 2 is 2.12 bits per heavy atom. The average Bonchev–Trinajstić information content (AvgIpc) is 2.98. The summed E-state index contributed by atoms with van der Waals surface area (Å²) >= 11 is 5.96. The average molecular weight is 344 g/mol. The molecule has 5 nitrogen and oxygen atoms in total. The minimum Gasteiger partial charge on any atom is -0.323 e. The van der Waals surface area contributed by atoms with Gasteiger partial charge < -0.3 is 10.2 Å². The predicted molar refractivity (Wildman–Crippen MR) is 94.2 cm³/mol. The molecular weight excluding hydrogens is 326 g/mol. The molecule has 2 amide bonds. The molecule has 0 aliphatic carbocycles. The standard InChI is InChI=1S/C18H18ClN3O2/c1-2-12-6-3-4-8-15(12)22-11-13(10-16(22)23)18(24)21-14-7-5-9-20-17(14)19/h3-9,13H,2,10-11H2,1H3,(H,21,24)/t13-/m1/s1. The van der Waals surface area contributed by atoms with E-state index in [0.29, 0.717) is 12.2 Å². The number of hydrogen-bond donors (Lipinski definition) is 1. The van der Waals surface area contributed by atoms with E-state index in [1.54, 1.807) is 23.2 Å². The summed E-state index contributed by atoms with van der Waals surface area (Å²) in [6, 6.07) is 11.2. The zero-order valence-corrected chi connectivity index (χ0v) is 14.1. The normalized spacial score (nSPS) is 17.2. The Morgan fingerprint density at radius 1 is 1.33 bits per heavy atom. The summed E-state index contributed by atoms with van der Waals surface area (Å²) in [5.41, 5.74) is 2.45. The SMILES string of the molecule is CCc1ccccc1N1C[C@H](C(=O)Nc2cccnc2Cl)CC1=O. The second-order valence-corrected chi connectivity index (χ2v) is 6.08. The van der Waals surface area contributed by atoms with Crippen LogP contribution in [0.25, 0.3) is 0 Å². The fourth-order valence-corrected chi connectivity index (χ4v) is 3.07. The number of benzene rings is 1. The highest BCUT2D eigenvalue weighted by Gasteiger charge is 2.35. The summed E-state index contributed by atoms with van der Waals surface area (Å²) in [5, 5.41) is 3.00. The van der Waals surface area contributed by atoms with Crippen molar-refractivity contribution in [3.63, 3.8) is 0 Å². The molecule has 1 N–H and O–H groups in total. The third-order valence-corrected chi connectivity index (χ3v) is 4.48. The van der Waals surface area contributed by atoms with Gasteiger partial charge in [-0.2, -0.15) is 0 Å². The first-order valence-electron chi connectivity index (χ1n) is 7.89. The highest BCUT2D eigenvalue weighted by molar-refractivity contribution is 6.32. The van der Waals surface area contributed by atoms with Gasteiger partial charge in [0.1, 0.15) is 0 Å². The van der Waals surface area contributed by atoms with E-state index in [2.05, 4.69) is 10.3 Å². The van der Waals surface area contributed by atoms with E-state index in [1.165, 1.54) is 0 Å². The molecule has 24 heavy (non-hydrogen) atoms. The van der Waals surface area contributed by atoms with Crippen molar-refractivity contribution in [1.82, 2.24) is 4.98 Å². The van der Waals surface area contributed by atoms with Crippen LogP contribution in [0, 0.1) is 5.92 Å². The first-order valence-corrected chi connectivity index (χ1v) is 8.27. The summed E-state index contributed by atoms with van der Waals surface area (Å²) < 4.78 is 0. The van der Waals surface area contributed by atoms with E-state index in [9.17, 15) is 9.59 Å². The van der Waals surface area contributed by atoms with Gasteiger partial charge in [-0.1, -0.05) is 36.7 Å². The summed E-state index contributed by atoms with van der Waals surface area (Å²) in [6.07, 6.45) is 2.59. The number of nitrogens with zero attached hydrogens (tertiary/aromatic N) is 2. The number of anilines is 2. The maximum absolute atomic E-state index is 12.5. The molecule has 0 unspecified atom stereocenters. The molecule has 124 valence electrons. The number of rotatable bonds is 4. The number of aromatic nitrogens is 1. The van der Waals surface area contributed by atoms with Gasteiger partial charge in [-0.05, 0) is 30.2 Å². The molecule has 2 aromatic rings. The van der Waals surface area contributed by atoms with E-state index in [4.69, 9.17) is 11.6 Å². The molecule has 1 aromatic carbocycles. The molecule has 0 radical (unpaired) electrons. The molecule has 6 heteroatoms. The Labute approximate surface area is 145 Å². The monoisotopic (exact) mass is 343 g/mol. The molecule has 1 aliphatic heterocycles. The van der Waals surface area contributed by atoms with Crippen LogP contribution < -0.4 is 10.2 Å². The molecule has 1 saturated heterocycles. The van der Waals surface area contributed by atoms with Crippen molar-refractivity contribution < 1.29 is 9.59 Å². The lowest BCUT2D eigenvalue weighted by molar-refractivity contribution is -0.122. The Bertz CT molecular complexity index is 778. The number of carbonyl (C=O) groups excluding carboxylic acids is 2. The summed E-state index contributed by atoms with van der Waals surface area (Å²) in [6.45, 7) is 2.42. The molecule has 0 bridgehead atoms. The summed E-state index contributed by atoms with van der Waals surface area (Å²) in [4.78, 5) is 30.5. The first-order chi connectivity index (χ1) is 11.6. The molecule has 1 aliphatic rings. The minimum absolute atomic E-state index is 0.0340. The molecule has 1 aromatic heterocycles. The van der Waals surface area contributed by atoms with Crippen molar-refractivity contribution in [1.29, 1.82) is 0 Å². The second-order valence-electron chi connectivity index (χ2n) is 5.72. The number of amides is 2. The maximum Gasteiger partial charge on any atom is 0.229 e. The van der Waals surface area contributed by atoms with Crippen molar-refractivity contribution in [2.75, 3.05) is 16.8 Å². The van der Waals surface area contributed by atoms with E-state index >= 15 is 0 Å². The van der Waals surface area contributed by atoms with Gasteiger partial charge in [0.15, 0.2) is 5.15 Å². The molecular formula is C18H18ClN3O2. The van der Waals surface area contributed by atoms with Crippen molar-refractivity contribution in [2.24, 2.45) is 5.92 Å². The van der Waals surface area contributed by atoms with Gasteiger partial charge in [-0.3, -0.25) is 9.59 Å². The van der Waals surface area contributed by atoms with Gasteiger partial charge in [-0.25, -0.2) is 4.98 Å². The Hall–Kier alpha value is -2.40. The van der Waals surface area contributed by atoms with Gasteiger partial charge in [0.25, 0.3) is 0 Å². The Kier molecular flexibility index (Phi) is 4.81. The quantitative estimate of drug-likeness (QED) is 0.866. The molecule has 1 atom stereocenters. The lowest BCUT2D eigenvalue weighted by Gasteiger charge is -2.20. The van der Waals surface area contributed by atoms with E-state index in [-0.39, 0.29) is 23.4 Å². The molecule has 0 spiro atoms. The Morgan fingerprint density at radius 3 is 2.88 bits per heavy atom. The van der Waals surface area contributed by atoms with Crippen molar-refractivity contribution in [2.45, 2.75) is 19.8 Å². The topological polar surface area (TPSA) is 62.3 Å². The van der Waals surface area contributed by atoms with E-state index in [0.717, 1.165) is 17.7 Å². The fraction of sp³-hybridized carbons (Fsp3) is 0.278. The predicted octanol–water partition coefficient (Wildman–Crippen LogP) is 3.29. The van der Waals surface area contributed by atoms with Gasteiger partial charge in [0.05, 0.1) is 11.6 Å². The summed E-state index contributed by atoms with van der Waals surface area (Å²) in [5.74, 6) is -0.651. The number of halogens is 1. The number of aryl methyl sites for hydroxylation is 1. The third kappa shape index (κ3) is 3.26. The van der Waals surface area contributed by atoms with E-state index < -0.39 is 5.92 Å². The number of para-hydroxylation sites is 1. The smallest absolute Gasteiger partial charge is 0.229 e. The van der Waals surface area contributed by atoms with Crippen LogP contribution in [0.3, 0.4) is 0 Å². The maximum atomic E-state index is 12.5. The lowest BCUT2D eigenvalue weighted by Crippen LogP contribution is -2.28. The second kappa shape index (κ2) is 7.01. The molecule has 0 saturated carbocycles. The molecule has 3 rings (SSSR count). The van der Waals surface area contributed by atoms with Crippen LogP contribution >= 0.6 is 11.6 Å². The number of pyridine rings is 1. The Balaban J connectivity index is 1.75. The zero-order chi connectivity index (χ0) is 17.1. The minimum atomic E-state index is -0.404. The van der Waals surface area contributed by atoms with Gasteiger partial charge in [0, 0.05) is 24.8 Å². The number of hydrogen-bond acceptors (Lipinski definition) is 3. The van der Waals surface area contributed by atoms with E-state index in [1.807, 2.05) is 31.2 Å². The number of carbonyl (C=O) groups is 2. The van der Waals surface area contributed by atoms with Crippen LogP contribution in [-0.4, -0.2) is 23.3 Å². The largest absolute Gasteiger partial charge is 0.323 e. The number of nitrogens with one attached hydrogen (secondary N) is 1. The van der Waals surface area contributed by atoms with Crippen LogP contribution in [0.1, 0.15) is 18.9 Å².